The Kier molecular flexibility index (Phi) is 4.21. The van der Waals surface area contributed by atoms with Crippen LogP contribution in [0.4, 0.5) is 5.69 Å². The summed E-state index contributed by atoms with van der Waals surface area (Å²) in [5.74, 6) is 0. The van der Waals surface area contributed by atoms with E-state index in [9.17, 15) is 8.42 Å². The van der Waals surface area contributed by atoms with Gasteiger partial charge in [0, 0.05) is 25.4 Å². The topological polar surface area (TPSA) is 67.4 Å². The van der Waals surface area contributed by atoms with Gasteiger partial charge < -0.3 is 10.1 Å². The minimum absolute atomic E-state index is 0.292. The van der Waals surface area contributed by atoms with Gasteiger partial charge in [0.15, 0.2) is 0 Å². The highest BCUT2D eigenvalue weighted by Gasteiger charge is 2.17. The first-order chi connectivity index (χ1) is 8.63. The summed E-state index contributed by atoms with van der Waals surface area (Å²) in [4.78, 5) is 0.298. The van der Waals surface area contributed by atoms with Crippen LogP contribution in [0, 0.1) is 0 Å². The van der Waals surface area contributed by atoms with E-state index in [2.05, 4.69) is 10.0 Å². The normalized spacial score (nSPS) is 14.3. The average molecular weight is 270 g/mol. The molecule has 0 radical (unpaired) electrons. The fraction of sp³-hybridized carbons (Fsp3) is 0.500. The monoisotopic (exact) mass is 270 g/mol. The Bertz CT molecular complexity index is 514. The summed E-state index contributed by atoms with van der Waals surface area (Å²) >= 11 is 0. The van der Waals surface area contributed by atoms with Crippen molar-refractivity contribution in [2.75, 3.05) is 31.6 Å². The lowest BCUT2D eigenvalue weighted by Crippen LogP contribution is -2.27. The van der Waals surface area contributed by atoms with Crippen molar-refractivity contribution in [3.63, 3.8) is 0 Å². The Hall–Kier alpha value is -1.11. The second-order valence-electron chi connectivity index (χ2n) is 4.09. The Morgan fingerprint density at radius 1 is 1.44 bits per heavy atom. The predicted octanol–water partition coefficient (Wildman–Crippen LogP) is 0.969. The van der Waals surface area contributed by atoms with E-state index in [1.54, 1.807) is 12.1 Å². The molecule has 0 amide bonds. The van der Waals surface area contributed by atoms with Gasteiger partial charge in [0.25, 0.3) is 0 Å². The molecule has 0 spiro atoms. The van der Waals surface area contributed by atoms with Crippen molar-refractivity contribution >= 4 is 15.7 Å². The van der Waals surface area contributed by atoms with E-state index in [-0.39, 0.29) is 0 Å². The van der Waals surface area contributed by atoms with Crippen molar-refractivity contribution in [1.29, 1.82) is 0 Å². The van der Waals surface area contributed by atoms with Crippen LogP contribution >= 0.6 is 0 Å². The maximum atomic E-state index is 12.0. The first kappa shape index (κ1) is 13.3. The highest BCUT2D eigenvalue weighted by atomic mass is 32.2. The SMILES string of the molecule is CCOCCNS(=O)(=O)c1ccc2c(c1)NCC2. The largest absolute Gasteiger partial charge is 0.384 e. The summed E-state index contributed by atoms with van der Waals surface area (Å²) < 4.78 is 31.6. The maximum Gasteiger partial charge on any atom is 0.240 e. The summed E-state index contributed by atoms with van der Waals surface area (Å²) in [5.41, 5.74) is 2.09. The van der Waals surface area contributed by atoms with E-state index in [1.807, 2.05) is 13.0 Å². The Balaban J connectivity index is 2.05. The van der Waals surface area contributed by atoms with Crippen LogP contribution in [0.25, 0.3) is 0 Å². The Morgan fingerprint density at radius 2 is 2.28 bits per heavy atom. The molecule has 0 fully saturated rings. The van der Waals surface area contributed by atoms with Crippen LogP contribution in [0.1, 0.15) is 12.5 Å². The first-order valence-electron chi connectivity index (χ1n) is 6.07. The van der Waals surface area contributed by atoms with Crippen LogP contribution in [-0.4, -0.2) is 34.7 Å². The molecule has 2 N–H and O–H groups in total. The fourth-order valence-corrected chi connectivity index (χ4v) is 2.95. The van der Waals surface area contributed by atoms with Gasteiger partial charge in [-0.1, -0.05) is 6.07 Å². The van der Waals surface area contributed by atoms with Gasteiger partial charge in [0.05, 0.1) is 11.5 Å². The number of anilines is 1. The van der Waals surface area contributed by atoms with Crippen LogP contribution < -0.4 is 10.0 Å². The standard InChI is InChI=1S/C12H18N2O3S/c1-2-17-8-7-14-18(15,16)11-4-3-10-5-6-13-12(10)9-11/h3-4,9,13-14H,2,5-8H2,1H3. The lowest BCUT2D eigenvalue weighted by atomic mass is 10.2. The van der Waals surface area contributed by atoms with E-state index in [0.717, 1.165) is 18.7 Å². The highest BCUT2D eigenvalue weighted by molar-refractivity contribution is 7.89. The molecule has 1 aliphatic heterocycles. The molecule has 1 aromatic rings. The van der Waals surface area contributed by atoms with Crippen molar-refractivity contribution < 1.29 is 13.2 Å². The van der Waals surface area contributed by atoms with Crippen LogP contribution in [0.5, 0.6) is 0 Å². The zero-order valence-corrected chi connectivity index (χ0v) is 11.2. The molecule has 0 aliphatic carbocycles. The van der Waals surface area contributed by atoms with E-state index < -0.39 is 10.0 Å². The van der Waals surface area contributed by atoms with Gasteiger partial charge in [0.2, 0.25) is 10.0 Å². The summed E-state index contributed by atoms with van der Waals surface area (Å²) in [5, 5.41) is 3.17. The van der Waals surface area contributed by atoms with E-state index in [0.29, 0.717) is 24.7 Å². The number of rotatable bonds is 6. The first-order valence-corrected chi connectivity index (χ1v) is 7.56. The number of hydrogen-bond acceptors (Lipinski definition) is 4. The second kappa shape index (κ2) is 5.69. The highest BCUT2D eigenvalue weighted by Crippen LogP contribution is 2.25. The zero-order valence-electron chi connectivity index (χ0n) is 10.4. The van der Waals surface area contributed by atoms with Gasteiger partial charge in [-0.3, -0.25) is 0 Å². The van der Waals surface area contributed by atoms with E-state index >= 15 is 0 Å². The minimum Gasteiger partial charge on any atom is -0.384 e. The van der Waals surface area contributed by atoms with Crippen LogP contribution in [0.3, 0.4) is 0 Å². The summed E-state index contributed by atoms with van der Waals surface area (Å²) in [6.45, 7) is 4.02. The lowest BCUT2D eigenvalue weighted by molar-refractivity contribution is 0.153. The van der Waals surface area contributed by atoms with Gasteiger partial charge in [-0.05, 0) is 31.0 Å². The Labute approximate surface area is 108 Å². The van der Waals surface area contributed by atoms with E-state index in [1.165, 1.54) is 5.56 Å². The third kappa shape index (κ3) is 3.01. The number of ether oxygens (including phenoxy) is 1. The molecule has 5 nitrogen and oxygen atoms in total. The lowest BCUT2D eigenvalue weighted by Gasteiger charge is -2.08. The molecule has 18 heavy (non-hydrogen) atoms. The molecule has 1 aliphatic rings. The number of sulfonamides is 1. The third-order valence-electron chi connectivity index (χ3n) is 2.84. The molecule has 0 saturated carbocycles. The molecule has 2 rings (SSSR count). The van der Waals surface area contributed by atoms with Crippen LogP contribution in [0.15, 0.2) is 23.1 Å². The maximum absolute atomic E-state index is 12.0. The Morgan fingerprint density at radius 3 is 3.06 bits per heavy atom. The van der Waals surface area contributed by atoms with Crippen LogP contribution in [-0.2, 0) is 21.2 Å². The van der Waals surface area contributed by atoms with E-state index in [4.69, 9.17) is 4.74 Å². The number of fused-ring (bicyclic) bond motifs is 1. The van der Waals surface area contributed by atoms with Gasteiger partial charge in [-0.2, -0.15) is 0 Å². The van der Waals surface area contributed by atoms with Gasteiger partial charge in [-0.25, -0.2) is 13.1 Å². The number of benzene rings is 1. The van der Waals surface area contributed by atoms with Crippen molar-refractivity contribution in [3.8, 4) is 0 Å². The van der Waals surface area contributed by atoms with Crippen molar-refractivity contribution in [2.45, 2.75) is 18.2 Å². The molecule has 1 aromatic carbocycles. The zero-order chi connectivity index (χ0) is 13.0. The molecule has 0 bridgehead atoms. The van der Waals surface area contributed by atoms with Gasteiger partial charge in [0.1, 0.15) is 0 Å². The number of hydrogen-bond donors (Lipinski definition) is 2. The predicted molar refractivity (Wildman–Crippen MR) is 70.3 cm³/mol. The third-order valence-corrected chi connectivity index (χ3v) is 4.30. The molecule has 1 heterocycles. The van der Waals surface area contributed by atoms with Crippen molar-refractivity contribution in [2.24, 2.45) is 0 Å². The fourth-order valence-electron chi connectivity index (χ4n) is 1.91. The number of nitrogens with one attached hydrogen (secondary N) is 2. The smallest absolute Gasteiger partial charge is 0.240 e. The molecular formula is C12H18N2O3S. The van der Waals surface area contributed by atoms with Crippen molar-refractivity contribution in [1.82, 2.24) is 4.72 Å². The minimum atomic E-state index is -3.43. The molecule has 0 saturated heterocycles. The van der Waals surface area contributed by atoms with Crippen molar-refractivity contribution in [3.05, 3.63) is 23.8 Å². The molecule has 6 heteroatoms. The quantitative estimate of drug-likeness (QED) is 0.756. The summed E-state index contributed by atoms with van der Waals surface area (Å²) in [7, 11) is -3.43. The van der Waals surface area contributed by atoms with Gasteiger partial charge in [-0.15, -0.1) is 0 Å². The molecule has 100 valence electrons. The molecule has 0 aromatic heterocycles. The molecule has 0 atom stereocenters. The molecular weight excluding hydrogens is 252 g/mol. The summed E-state index contributed by atoms with van der Waals surface area (Å²) in [6.07, 6.45) is 0.952. The van der Waals surface area contributed by atoms with Crippen LogP contribution in [0.2, 0.25) is 0 Å². The van der Waals surface area contributed by atoms with Gasteiger partial charge >= 0.3 is 0 Å². The average Bonchev–Trinajstić information content (AvgIpc) is 2.82. The summed E-state index contributed by atoms with van der Waals surface area (Å²) in [6, 6.07) is 5.20. The second-order valence-corrected chi connectivity index (χ2v) is 5.86. The molecule has 0 unspecified atom stereocenters.